The molecule has 0 heterocycles. The normalized spacial score (nSPS) is 12.2. The summed E-state index contributed by atoms with van der Waals surface area (Å²) in [6, 6.07) is 14.6. The number of carbonyl (C=O) groups excluding carboxylic acids is 1. The third-order valence-corrected chi connectivity index (χ3v) is 3.72. The maximum absolute atomic E-state index is 12.7. The zero-order valence-corrected chi connectivity index (χ0v) is 12.8. The summed E-state index contributed by atoms with van der Waals surface area (Å²) < 4.78 is 0. The van der Waals surface area contributed by atoms with Gasteiger partial charge in [-0.2, -0.15) is 0 Å². The number of Topliss-reactive ketones (excluding diaryl/α,β-unsaturated/α-hetero) is 1. The molecule has 1 atom stereocenters. The summed E-state index contributed by atoms with van der Waals surface area (Å²) in [4.78, 5) is 12.7. The molecule has 0 saturated carbocycles. The molecule has 2 aromatic carbocycles. The van der Waals surface area contributed by atoms with Crippen LogP contribution in [0.5, 0.6) is 0 Å². The molecule has 104 valence electrons. The molecule has 0 unspecified atom stereocenters. The average Bonchev–Trinajstić information content (AvgIpc) is 2.44. The van der Waals surface area contributed by atoms with Crippen molar-refractivity contribution >= 4 is 29.0 Å². The maximum Gasteiger partial charge on any atom is 0.170 e. The van der Waals surface area contributed by atoms with Crippen LogP contribution in [0.2, 0.25) is 10.0 Å². The van der Waals surface area contributed by atoms with E-state index in [0.717, 1.165) is 18.4 Å². The summed E-state index contributed by atoms with van der Waals surface area (Å²) in [7, 11) is 0. The third kappa shape index (κ3) is 3.62. The molecule has 0 N–H and O–H groups in total. The predicted molar refractivity (Wildman–Crippen MR) is 84.9 cm³/mol. The zero-order valence-electron chi connectivity index (χ0n) is 11.3. The van der Waals surface area contributed by atoms with E-state index in [4.69, 9.17) is 23.2 Å². The van der Waals surface area contributed by atoms with Gasteiger partial charge in [-0.25, -0.2) is 0 Å². The van der Waals surface area contributed by atoms with E-state index in [-0.39, 0.29) is 11.7 Å². The highest BCUT2D eigenvalue weighted by atomic mass is 35.5. The quantitative estimate of drug-likeness (QED) is 0.642. The lowest BCUT2D eigenvalue weighted by Gasteiger charge is -2.16. The van der Waals surface area contributed by atoms with Gasteiger partial charge in [-0.05, 0) is 36.2 Å². The number of rotatable bonds is 5. The van der Waals surface area contributed by atoms with Crippen molar-refractivity contribution in [2.75, 3.05) is 0 Å². The van der Waals surface area contributed by atoms with E-state index in [1.165, 1.54) is 0 Å². The van der Waals surface area contributed by atoms with Gasteiger partial charge in [0.25, 0.3) is 0 Å². The molecule has 20 heavy (non-hydrogen) atoms. The van der Waals surface area contributed by atoms with Crippen LogP contribution in [0.1, 0.15) is 41.6 Å². The molecule has 1 nitrogen and oxygen atoms in total. The first-order valence-corrected chi connectivity index (χ1v) is 7.42. The van der Waals surface area contributed by atoms with Crippen molar-refractivity contribution < 1.29 is 4.79 Å². The molecule has 0 aliphatic rings. The molecule has 0 aromatic heterocycles. The Bertz CT molecular complexity index is 607. The van der Waals surface area contributed by atoms with Crippen LogP contribution in [-0.4, -0.2) is 5.78 Å². The Morgan fingerprint density at radius 1 is 1.05 bits per heavy atom. The summed E-state index contributed by atoms with van der Waals surface area (Å²) >= 11 is 12.0. The number of carbonyl (C=O) groups is 1. The molecule has 0 amide bonds. The van der Waals surface area contributed by atoms with Gasteiger partial charge in [0.2, 0.25) is 0 Å². The number of hydrogen-bond donors (Lipinski definition) is 0. The van der Waals surface area contributed by atoms with Gasteiger partial charge in [0.1, 0.15) is 0 Å². The van der Waals surface area contributed by atoms with Gasteiger partial charge in [0, 0.05) is 21.5 Å². The summed E-state index contributed by atoms with van der Waals surface area (Å²) in [6.07, 6.45) is 1.73. The van der Waals surface area contributed by atoms with E-state index in [2.05, 4.69) is 6.92 Å². The molecule has 0 aliphatic heterocycles. The standard InChI is InChI=1S/C17H16Cl2O/c1-2-5-16(12-6-3-8-14(18)10-12)17(20)13-7-4-9-15(19)11-13/h3-4,6-11,16H,2,5H2,1H3/t16-/m1/s1. The number of ketones is 1. The summed E-state index contributed by atoms with van der Waals surface area (Å²) in [6.45, 7) is 2.07. The molecule has 2 aromatic rings. The third-order valence-electron chi connectivity index (χ3n) is 3.25. The van der Waals surface area contributed by atoms with Gasteiger partial charge in [0.15, 0.2) is 5.78 Å². The fourth-order valence-corrected chi connectivity index (χ4v) is 2.69. The molecule has 0 bridgehead atoms. The molecular weight excluding hydrogens is 291 g/mol. The van der Waals surface area contributed by atoms with Crippen LogP contribution >= 0.6 is 23.2 Å². The van der Waals surface area contributed by atoms with E-state index < -0.39 is 0 Å². The van der Waals surface area contributed by atoms with E-state index in [0.29, 0.717) is 15.6 Å². The molecule has 0 saturated heterocycles. The van der Waals surface area contributed by atoms with Crippen molar-refractivity contribution in [3.8, 4) is 0 Å². The second-order valence-electron chi connectivity index (χ2n) is 4.77. The van der Waals surface area contributed by atoms with Crippen LogP contribution in [0.3, 0.4) is 0 Å². The van der Waals surface area contributed by atoms with E-state index in [9.17, 15) is 4.79 Å². The molecule has 0 fully saturated rings. The fourth-order valence-electron chi connectivity index (χ4n) is 2.30. The first-order chi connectivity index (χ1) is 9.61. The van der Waals surface area contributed by atoms with Crippen LogP contribution in [0.4, 0.5) is 0 Å². The van der Waals surface area contributed by atoms with E-state index in [1.54, 1.807) is 24.3 Å². The van der Waals surface area contributed by atoms with Crippen LogP contribution in [0.25, 0.3) is 0 Å². The fraction of sp³-hybridized carbons (Fsp3) is 0.235. The number of hydrogen-bond acceptors (Lipinski definition) is 1. The minimum Gasteiger partial charge on any atom is -0.293 e. The van der Waals surface area contributed by atoms with Crippen molar-refractivity contribution in [1.82, 2.24) is 0 Å². The SMILES string of the molecule is CCC[C@@H](C(=O)c1cccc(Cl)c1)c1cccc(Cl)c1. The first kappa shape index (κ1) is 15.1. The Morgan fingerprint density at radius 3 is 2.30 bits per heavy atom. The average molecular weight is 307 g/mol. The molecule has 2 rings (SSSR count). The monoisotopic (exact) mass is 306 g/mol. The van der Waals surface area contributed by atoms with Crippen molar-refractivity contribution in [1.29, 1.82) is 0 Å². The van der Waals surface area contributed by atoms with Crippen LogP contribution in [0.15, 0.2) is 48.5 Å². The van der Waals surface area contributed by atoms with Crippen LogP contribution in [0, 0.1) is 0 Å². The van der Waals surface area contributed by atoms with E-state index >= 15 is 0 Å². The van der Waals surface area contributed by atoms with Gasteiger partial charge in [0.05, 0.1) is 0 Å². The molecule has 0 radical (unpaired) electrons. The van der Waals surface area contributed by atoms with E-state index in [1.807, 2.05) is 24.3 Å². The van der Waals surface area contributed by atoms with Gasteiger partial charge < -0.3 is 0 Å². The zero-order chi connectivity index (χ0) is 14.5. The van der Waals surface area contributed by atoms with Crippen molar-refractivity contribution in [2.45, 2.75) is 25.7 Å². The van der Waals surface area contributed by atoms with Gasteiger partial charge in [-0.15, -0.1) is 0 Å². The molecule has 3 heteroatoms. The largest absolute Gasteiger partial charge is 0.293 e. The molecular formula is C17H16Cl2O. The lowest BCUT2D eigenvalue weighted by atomic mass is 9.87. The van der Waals surface area contributed by atoms with Crippen molar-refractivity contribution in [3.63, 3.8) is 0 Å². The molecule has 0 aliphatic carbocycles. The maximum atomic E-state index is 12.7. The lowest BCUT2D eigenvalue weighted by Crippen LogP contribution is -2.13. The van der Waals surface area contributed by atoms with Gasteiger partial charge in [-0.3, -0.25) is 4.79 Å². The highest BCUT2D eigenvalue weighted by molar-refractivity contribution is 6.31. The van der Waals surface area contributed by atoms with Crippen molar-refractivity contribution in [2.24, 2.45) is 0 Å². The Labute approximate surface area is 129 Å². The van der Waals surface area contributed by atoms with Crippen LogP contribution in [-0.2, 0) is 0 Å². The second kappa shape index (κ2) is 6.92. The molecule has 0 spiro atoms. The second-order valence-corrected chi connectivity index (χ2v) is 5.64. The Hall–Kier alpha value is -1.31. The highest BCUT2D eigenvalue weighted by Crippen LogP contribution is 2.28. The van der Waals surface area contributed by atoms with Crippen LogP contribution < -0.4 is 0 Å². The first-order valence-electron chi connectivity index (χ1n) is 6.67. The summed E-state index contributed by atoms with van der Waals surface area (Å²) in [5.74, 6) is -0.0752. The van der Waals surface area contributed by atoms with Crippen molar-refractivity contribution in [3.05, 3.63) is 69.7 Å². The topological polar surface area (TPSA) is 17.1 Å². The number of halogens is 2. The minimum atomic E-state index is -0.169. The predicted octanol–water partition coefficient (Wildman–Crippen LogP) is 5.76. The summed E-state index contributed by atoms with van der Waals surface area (Å²) in [5.41, 5.74) is 1.61. The minimum absolute atomic E-state index is 0.0941. The highest BCUT2D eigenvalue weighted by Gasteiger charge is 2.21. The lowest BCUT2D eigenvalue weighted by molar-refractivity contribution is 0.0954. The summed E-state index contributed by atoms with van der Waals surface area (Å²) in [5, 5.41) is 1.24. The van der Waals surface area contributed by atoms with Gasteiger partial charge >= 0.3 is 0 Å². The number of benzene rings is 2. The van der Waals surface area contributed by atoms with Gasteiger partial charge in [-0.1, -0.05) is 60.8 Å². The smallest absolute Gasteiger partial charge is 0.170 e. The Kier molecular flexibility index (Phi) is 5.22. The Morgan fingerprint density at radius 2 is 1.70 bits per heavy atom. The Balaban J connectivity index is 2.35.